The van der Waals surface area contributed by atoms with Gasteiger partial charge in [-0.25, -0.2) is 0 Å². The molecule has 1 unspecified atom stereocenters. The van der Waals surface area contributed by atoms with E-state index >= 15 is 0 Å². The normalized spacial score (nSPS) is 23.0. The van der Waals surface area contributed by atoms with Crippen LogP contribution < -0.4 is 0 Å². The van der Waals surface area contributed by atoms with E-state index in [4.69, 9.17) is 0 Å². The van der Waals surface area contributed by atoms with Crippen molar-refractivity contribution in [2.24, 2.45) is 5.92 Å². The van der Waals surface area contributed by atoms with Crippen molar-refractivity contribution in [3.05, 3.63) is 35.5 Å². The fourth-order valence-corrected chi connectivity index (χ4v) is 4.40. The van der Waals surface area contributed by atoms with E-state index in [1.807, 2.05) is 18.2 Å². The molecule has 0 amide bonds. The molecule has 1 aromatic heterocycles. The molecule has 0 saturated heterocycles. The lowest BCUT2D eigenvalue weighted by Crippen LogP contribution is -2.35. The largest absolute Gasteiger partial charge is 0.361 e. The lowest BCUT2D eigenvalue weighted by Gasteiger charge is -2.33. The summed E-state index contributed by atoms with van der Waals surface area (Å²) in [4.78, 5) is 5.79. The smallest absolute Gasteiger partial charge is 0.0991 e. The second kappa shape index (κ2) is 6.14. The zero-order chi connectivity index (χ0) is 15.7. The Labute approximate surface area is 132 Å². The van der Waals surface area contributed by atoms with Gasteiger partial charge in [-0.2, -0.15) is 5.26 Å². The van der Waals surface area contributed by atoms with Crippen LogP contribution in [0.25, 0.3) is 10.9 Å². The topological polar surface area (TPSA) is 42.8 Å². The number of nitrogens with zero attached hydrogens (tertiary/aromatic N) is 2. The fraction of sp³-hybridized carbons (Fsp3) is 0.526. The third-order valence-corrected chi connectivity index (χ3v) is 5.39. The summed E-state index contributed by atoms with van der Waals surface area (Å²) in [5, 5.41) is 10.4. The van der Waals surface area contributed by atoms with Crippen molar-refractivity contribution in [3.63, 3.8) is 0 Å². The van der Waals surface area contributed by atoms with Gasteiger partial charge in [-0.05, 0) is 69.0 Å². The molecule has 3 rings (SSSR count). The molecule has 3 heteroatoms. The number of H-pyrrole nitrogens is 1. The predicted molar refractivity (Wildman–Crippen MR) is 90.9 cm³/mol. The monoisotopic (exact) mass is 295 g/mol. The molecule has 1 aliphatic rings. The van der Waals surface area contributed by atoms with E-state index in [1.54, 1.807) is 0 Å². The summed E-state index contributed by atoms with van der Waals surface area (Å²) >= 11 is 0. The number of hydrogen-bond donors (Lipinski definition) is 1. The first-order valence-corrected chi connectivity index (χ1v) is 8.33. The Bertz CT molecular complexity index is 692. The molecule has 1 fully saturated rings. The number of aromatic amines is 1. The summed E-state index contributed by atoms with van der Waals surface area (Å²) in [5.74, 6) is 1.32. The van der Waals surface area contributed by atoms with Crippen LogP contribution in [0.15, 0.2) is 24.4 Å². The first-order valence-electron chi connectivity index (χ1n) is 8.33. The quantitative estimate of drug-likeness (QED) is 0.915. The van der Waals surface area contributed by atoms with Gasteiger partial charge in [-0.3, -0.25) is 0 Å². The number of aromatic nitrogens is 1. The van der Waals surface area contributed by atoms with Crippen LogP contribution in [0, 0.1) is 17.2 Å². The molecular formula is C19H25N3. The van der Waals surface area contributed by atoms with E-state index < -0.39 is 0 Å². The highest BCUT2D eigenvalue weighted by Gasteiger charge is 2.35. The van der Waals surface area contributed by atoms with E-state index in [9.17, 15) is 5.26 Å². The molecule has 0 spiro atoms. The van der Waals surface area contributed by atoms with Crippen LogP contribution >= 0.6 is 0 Å². The average Bonchev–Trinajstić information content (AvgIpc) is 3.13. The van der Waals surface area contributed by atoms with Crippen LogP contribution in [-0.2, 0) is 0 Å². The highest BCUT2D eigenvalue weighted by atomic mass is 15.1. The molecule has 3 atom stereocenters. The molecule has 0 aliphatic heterocycles. The van der Waals surface area contributed by atoms with Gasteiger partial charge >= 0.3 is 0 Å². The maximum atomic E-state index is 9.17. The van der Waals surface area contributed by atoms with E-state index in [0.717, 1.165) is 11.1 Å². The zero-order valence-electron chi connectivity index (χ0n) is 13.8. The highest BCUT2D eigenvalue weighted by molar-refractivity contribution is 5.85. The first-order chi connectivity index (χ1) is 10.7. The number of rotatable bonds is 4. The summed E-state index contributed by atoms with van der Waals surface area (Å²) in [6, 6.07) is 8.88. The third kappa shape index (κ3) is 2.53. The minimum absolute atomic E-state index is 0.607. The summed E-state index contributed by atoms with van der Waals surface area (Å²) in [5.41, 5.74) is 3.31. The number of benzene rings is 1. The van der Waals surface area contributed by atoms with Gasteiger partial charge in [0.05, 0.1) is 11.6 Å². The molecular weight excluding hydrogens is 270 g/mol. The summed E-state index contributed by atoms with van der Waals surface area (Å²) in [7, 11) is 4.40. The standard InChI is InChI=1S/C19H25N3/c1-4-19(22(2)3)15-7-5-6-14(15)17-12-21-18-9-8-13(11-20)10-16(17)18/h8-10,12,14-15,19,21H,4-7H2,1-3H3/t14-,15-,19?/m0/s1. The molecule has 1 saturated carbocycles. The van der Waals surface area contributed by atoms with Gasteiger partial charge in [0.1, 0.15) is 0 Å². The van der Waals surface area contributed by atoms with Gasteiger partial charge in [0.15, 0.2) is 0 Å². The number of nitrogens with one attached hydrogen (secondary N) is 1. The maximum absolute atomic E-state index is 9.17. The Morgan fingerprint density at radius 3 is 2.86 bits per heavy atom. The van der Waals surface area contributed by atoms with Crippen molar-refractivity contribution in [3.8, 4) is 6.07 Å². The number of nitriles is 1. The third-order valence-electron chi connectivity index (χ3n) is 5.39. The van der Waals surface area contributed by atoms with E-state index in [0.29, 0.717) is 17.9 Å². The van der Waals surface area contributed by atoms with E-state index in [1.165, 1.54) is 36.6 Å². The van der Waals surface area contributed by atoms with Gasteiger partial charge in [-0.15, -0.1) is 0 Å². The van der Waals surface area contributed by atoms with Crippen LogP contribution in [-0.4, -0.2) is 30.0 Å². The van der Waals surface area contributed by atoms with Crippen molar-refractivity contribution < 1.29 is 0 Å². The lowest BCUT2D eigenvalue weighted by molar-refractivity contribution is 0.192. The number of fused-ring (bicyclic) bond motifs is 1. The van der Waals surface area contributed by atoms with Gasteiger partial charge < -0.3 is 9.88 Å². The molecule has 0 bridgehead atoms. The van der Waals surface area contributed by atoms with Gasteiger partial charge in [0.25, 0.3) is 0 Å². The molecule has 1 heterocycles. The zero-order valence-corrected chi connectivity index (χ0v) is 13.8. The molecule has 22 heavy (non-hydrogen) atoms. The van der Waals surface area contributed by atoms with E-state index in [-0.39, 0.29) is 0 Å². The molecule has 1 aliphatic carbocycles. The summed E-state index contributed by atoms with van der Waals surface area (Å²) in [6.45, 7) is 2.29. The Morgan fingerprint density at radius 2 is 2.18 bits per heavy atom. The summed E-state index contributed by atoms with van der Waals surface area (Å²) in [6.07, 6.45) is 7.26. The molecule has 2 aromatic rings. The Kier molecular flexibility index (Phi) is 4.22. The molecule has 116 valence electrons. The maximum Gasteiger partial charge on any atom is 0.0991 e. The van der Waals surface area contributed by atoms with Crippen LogP contribution in [0.2, 0.25) is 0 Å². The molecule has 1 aromatic carbocycles. The Balaban J connectivity index is 2.01. The van der Waals surface area contributed by atoms with Crippen LogP contribution in [0.4, 0.5) is 0 Å². The van der Waals surface area contributed by atoms with Crippen LogP contribution in [0.5, 0.6) is 0 Å². The lowest BCUT2D eigenvalue weighted by atomic mass is 9.82. The van der Waals surface area contributed by atoms with Crippen molar-refractivity contribution >= 4 is 10.9 Å². The van der Waals surface area contributed by atoms with Crippen molar-refractivity contribution in [1.82, 2.24) is 9.88 Å². The van der Waals surface area contributed by atoms with Crippen molar-refractivity contribution in [1.29, 1.82) is 5.26 Å². The van der Waals surface area contributed by atoms with Crippen LogP contribution in [0.3, 0.4) is 0 Å². The minimum atomic E-state index is 0.607. The van der Waals surface area contributed by atoms with Crippen LogP contribution in [0.1, 0.15) is 49.7 Å². The molecule has 3 nitrogen and oxygen atoms in total. The van der Waals surface area contributed by atoms with Gasteiger partial charge in [0, 0.05) is 23.1 Å². The fourth-order valence-electron chi connectivity index (χ4n) is 4.40. The van der Waals surface area contributed by atoms with Gasteiger partial charge in [0.2, 0.25) is 0 Å². The number of hydrogen-bond acceptors (Lipinski definition) is 2. The predicted octanol–water partition coefficient (Wildman–Crippen LogP) is 4.26. The minimum Gasteiger partial charge on any atom is -0.361 e. The second-order valence-corrected chi connectivity index (χ2v) is 6.76. The Hall–Kier alpha value is -1.79. The average molecular weight is 295 g/mol. The van der Waals surface area contributed by atoms with Crippen molar-refractivity contribution in [2.45, 2.75) is 44.6 Å². The van der Waals surface area contributed by atoms with Crippen molar-refractivity contribution in [2.75, 3.05) is 14.1 Å². The second-order valence-electron chi connectivity index (χ2n) is 6.76. The van der Waals surface area contributed by atoms with E-state index in [2.05, 4.69) is 43.2 Å². The SMILES string of the molecule is CCC([C@H]1CCC[C@@H]1c1c[nH]c2ccc(C#N)cc12)N(C)C. The first kappa shape index (κ1) is 15.1. The van der Waals surface area contributed by atoms with Gasteiger partial charge in [-0.1, -0.05) is 13.3 Å². The summed E-state index contributed by atoms with van der Waals surface area (Å²) < 4.78 is 0. The molecule has 1 N–H and O–H groups in total. The molecule has 0 radical (unpaired) electrons. The Morgan fingerprint density at radius 1 is 1.36 bits per heavy atom. The highest BCUT2D eigenvalue weighted by Crippen LogP contribution is 2.45.